The van der Waals surface area contributed by atoms with Crippen LogP contribution in [0.15, 0.2) is 24.3 Å². The molecule has 0 bridgehead atoms. The summed E-state index contributed by atoms with van der Waals surface area (Å²) in [6, 6.07) is 9.51. The third-order valence-electron chi connectivity index (χ3n) is 3.19. The molecule has 96 valence electrons. The van der Waals surface area contributed by atoms with Gasteiger partial charge in [-0.15, -0.1) is 0 Å². The van der Waals surface area contributed by atoms with Crippen molar-refractivity contribution in [3.8, 4) is 0 Å². The van der Waals surface area contributed by atoms with E-state index in [2.05, 4.69) is 57.3 Å². The molecule has 0 aliphatic rings. The quantitative estimate of drug-likeness (QED) is 0.739. The minimum atomic E-state index is 0.462. The zero-order valence-corrected chi connectivity index (χ0v) is 11.8. The molecule has 0 aromatic heterocycles. The summed E-state index contributed by atoms with van der Waals surface area (Å²) in [6.07, 6.45) is 3.66. The molecular formula is C16H27N. The number of aryl methyl sites for hydroxylation is 1. The highest BCUT2D eigenvalue weighted by molar-refractivity contribution is 5.24. The van der Waals surface area contributed by atoms with Crippen molar-refractivity contribution in [2.45, 2.75) is 53.0 Å². The maximum atomic E-state index is 3.58. The summed E-state index contributed by atoms with van der Waals surface area (Å²) in [5.74, 6) is 0.779. The Bertz CT molecular complexity index is 300. The monoisotopic (exact) mass is 233 g/mol. The molecular weight excluding hydrogens is 206 g/mol. The Morgan fingerprint density at radius 1 is 1.06 bits per heavy atom. The van der Waals surface area contributed by atoms with E-state index in [1.54, 1.807) is 0 Å². The molecule has 1 rings (SSSR count). The molecule has 1 unspecified atom stereocenters. The highest BCUT2D eigenvalue weighted by atomic mass is 14.9. The van der Waals surface area contributed by atoms with Crippen molar-refractivity contribution in [3.05, 3.63) is 35.4 Å². The second kappa shape index (κ2) is 7.50. The van der Waals surface area contributed by atoms with Crippen LogP contribution in [0.1, 0.15) is 57.7 Å². The molecule has 0 heterocycles. The normalized spacial score (nSPS) is 13.0. The largest absolute Gasteiger partial charge is 0.310 e. The van der Waals surface area contributed by atoms with E-state index in [-0.39, 0.29) is 0 Å². The predicted molar refractivity (Wildman–Crippen MR) is 76.3 cm³/mol. The van der Waals surface area contributed by atoms with E-state index in [0.717, 1.165) is 12.5 Å². The van der Waals surface area contributed by atoms with Crippen LogP contribution in [0, 0.1) is 5.92 Å². The molecule has 0 amide bonds. The molecule has 0 saturated heterocycles. The average Bonchev–Trinajstić information content (AvgIpc) is 2.30. The van der Waals surface area contributed by atoms with Gasteiger partial charge >= 0.3 is 0 Å². The molecule has 0 fully saturated rings. The highest BCUT2D eigenvalue weighted by Gasteiger charge is 2.04. The SMILES string of the molecule is CCCc1ccc(C(C)NCCC(C)C)cc1. The van der Waals surface area contributed by atoms with Gasteiger partial charge in [-0.3, -0.25) is 0 Å². The van der Waals surface area contributed by atoms with Gasteiger partial charge in [-0.25, -0.2) is 0 Å². The van der Waals surface area contributed by atoms with E-state index >= 15 is 0 Å². The molecule has 1 aromatic rings. The zero-order chi connectivity index (χ0) is 12.7. The van der Waals surface area contributed by atoms with Crippen LogP contribution < -0.4 is 5.32 Å². The van der Waals surface area contributed by atoms with Crippen LogP contribution in [-0.2, 0) is 6.42 Å². The summed E-state index contributed by atoms with van der Waals surface area (Å²) >= 11 is 0. The number of hydrogen-bond acceptors (Lipinski definition) is 1. The topological polar surface area (TPSA) is 12.0 Å². The van der Waals surface area contributed by atoms with E-state index in [0.29, 0.717) is 6.04 Å². The molecule has 1 aromatic carbocycles. The average molecular weight is 233 g/mol. The summed E-state index contributed by atoms with van der Waals surface area (Å²) in [7, 11) is 0. The van der Waals surface area contributed by atoms with Crippen molar-refractivity contribution in [2.75, 3.05) is 6.54 Å². The van der Waals surface area contributed by atoms with Gasteiger partial charge in [0, 0.05) is 6.04 Å². The molecule has 1 atom stereocenters. The van der Waals surface area contributed by atoms with Gasteiger partial charge in [0.15, 0.2) is 0 Å². The molecule has 0 aliphatic heterocycles. The number of hydrogen-bond donors (Lipinski definition) is 1. The van der Waals surface area contributed by atoms with Gasteiger partial charge in [-0.2, -0.15) is 0 Å². The summed E-state index contributed by atoms with van der Waals surface area (Å²) < 4.78 is 0. The summed E-state index contributed by atoms with van der Waals surface area (Å²) in [5, 5.41) is 3.58. The second-order valence-corrected chi connectivity index (χ2v) is 5.35. The van der Waals surface area contributed by atoms with Crippen LogP contribution in [0.2, 0.25) is 0 Å². The van der Waals surface area contributed by atoms with E-state index in [9.17, 15) is 0 Å². The standard InChI is InChI=1S/C16H27N/c1-5-6-15-7-9-16(10-8-15)14(4)17-12-11-13(2)3/h7-10,13-14,17H,5-6,11-12H2,1-4H3. The predicted octanol–water partition coefficient (Wildman–Crippen LogP) is 4.34. The maximum Gasteiger partial charge on any atom is 0.0291 e. The van der Waals surface area contributed by atoms with E-state index in [4.69, 9.17) is 0 Å². The van der Waals surface area contributed by atoms with Crippen LogP contribution >= 0.6 is 0 Å². The van der Waals surface area contributed by atoms with Crippen LogP contribution in [0.5, 0.6) is 0 Å². The first-order chi connectivity index (χ1) is 8.13. The molecule has 0 spiro atoms. The van der Waals surface area contributed by atoms with Crippen molar-refractivity contribution in [2.24, 2.45) is 5.92 Å². The first kappa shape index (κ1) is 14.2. The lowest BCUT2D eigenvalue weighted by molar-refractivity contribution is 0.497. The lowest BCUT2D eigenvalue weighted by Crippen LogP contribution is -2.20. The Morgan fingerprint density at radius 3 is 2.24 bits per heavy atom. The van der Waals surface area contributed by atoms with Crippen LogP contribution in [-0.4, -0.2) is 6.54 Å². The van der Waals surface area contributed by atoms with Gasteiger partial charge in [0.2, 0.25) is 0 Å². The molecule has 17 heavy (non-hydrogen) atoms. The van der Waals surface area contributed by atoms with Gasteiger partial charge < -0.3 is 5.32 Å². The molecule has 0 aliphatic carbocycles. The third kappa shape index (κ3) is 5.36. The van der Waals surface area contributed by atoms with E-state index in [1.807, 2.05) is 0 Å². The number of nitrogens with one attached hydrogen (secondary N) is 1. The van der Waals surface area contributed by atoms with Crippen LogP contribution in [0.25, 0.3) is 0 Å². The molecule has 0 saturated carbocycles. The first-order valence-corrected chi connectivity index (χ1v) is 6.95. The van der Waals surface area contributed by atoms with Crippen molar-refractivity contribution < 1.29 is 0 Å². The molecule has 1 heteroatoms. The molecule has 1 N–H and O–H groups in total. The lowest BCUT2D eigenvalue weighted by Gasteiger charge is -2.15. The zero-order valence-electron chi connectivity index (χ0n) is 11.8. The van der Waals surface area contributed by atoms with Gasteiger partial charge in [0.05, 0.1) is 0 Å². The Morgan fingerprint density at radius 2 is 1.71 bits per heavy atom. The van der Waals surface area contributed by atoms with Gasteiger partial charge in [0.25, 0.3) is 0 Å². The lowest BCUT2D eigenvalue weighted by atomic mass is 10.0. The number of benzene rings is 1. The Balaban J connectivity index is 2.43. The van der Waals surface area contributed by atoms with E-state index < -0.39 is 0 Å². The fourth-order valence-corrected chi connectivity index (χ4v) is 1.97. The highest BCUT2D eigenvalue weighted by Crippen LogP contribution is 2.14. The van der Waals surface area contributed by atoms with Crippen LogP contribution in [0.3, 0.4) is 0 Å². The minimum absolute atomic E-state index is 0.462. The second-order valence-electron chi connectivity index (χ2n) is 5.35. The van der Waals surface area contributed by atoms with Gasteiger partial charge in [-0.05, 0) is 43.4 Å². The Labute approximate surface area is 107 Å². The summed E-state index contributed by atoms with van der Waals surface area (Å²) in [5.41, 5.74) is 2.85. The van der Waals surface area contributed by atoms with Crippen LogP contribution in [0.4, 0.5) is 0 Å². The first-order valence-electron chi connectivity index (χ1n) is 6.95. The summed E-state index contributed by atoms with van der Waals surface area (Å²) in [4.78, 5) is 0. The molecule has 0 radical (unpaired) electrons. The number of rotatable bonds is 7. The van der Waals surface area contributed by atoms with Crippen molar-refractivity contribution in [1.29, 1.82) is 0 Å². The van der Waals surface area contributed by atoms with Crippen molar-refractivity contribution >= 4 is 0 Å². The summed E-state index contributed by atoms with van der Waals surface area (Å²) in [6.45, 7) is 10.1. The van der Waals surface area contributed by atoms with E-state index in [1.165, 1.54) is 30.4 Å². The minimum Gasteiger partial charge on any atom is -0.310 e. The van der Waals surface area contributed by atoms with Crippen molar-refractivity contribution in [1.82, 2.24) is 5.32 Å². The fraction of sp³-hybridized carbons (Fsp3) is 0.625. The smallest absolute Gasteiger partial charge is 0.0291 e. The Hall–Kier alpha value is -0.820. The van der Waals surface area contributed by atoms with Crippen molar-refractivity contribution in [3.63, 3.8) is 0 Å². The molecule has 1 nitrogen and oxygen atoms in total. The van der Waals surface area contributed by atoms with Gasteiger partial charge in [0.1, 0.15) is 0 Å². The Kier molecular flexibility index (Phi) is 6.28. The van der Waals surface area contributed by atoms with Gasteiger partial charge in [-0.1, -0.05) is 51.5 Å². The fourth-order valence-electron chi connectivity index (χ4n) is 1.97. The maximum absolute atomic E-state index is 3.58. The third-order valence-corrected chi connectivity index (χ3v) is 3.19.